The van der Waals surface area contributed by atoms with Crippen LogP contribution in [0.4, 0.5) is 0 Å². The Morgan fingerprint density at radius 3 is 2.36 bits per heavy atom. The van der Waals surface area contributed by atoms with E-state index < -0.39 is 0 Å². The van der Waals surface area contributed by atoms with Crippen LogP contribution in [0.15, 0.2) is 16.5 Å². The maximum Gasteiger partial charge on any atom is 0.117 e. The van der Waals surface area contributed by atoms with Gasteiger partial charge >= 0.3 is 0 Å². The van der Waals surface area contributed by atoms with E-state index in [1.54, 1.807) is 0 Å². The van der Waals surface area contributed by atoms with Crippen LogP contribution < -0.4 is 5.32 Å². The minimum atomic E-state index is 0.813. The second-order valence-corrected chi connectivity index (χ2v) is 2.04. The predicted molar refractivity (Wildman–Crippen MR) is 47.6 cm³/mol. The fourth-order valence-electron chi connectivity index (χ4n) is 0.754. The van der Waals surface area contributed by atoms with Gasteiger partial charge in [-0.2, -0.15) is 0 Å². The average molecular weight is 155 g/mol. The fourth-order valence-corrected chi connectivity index (χ4v) is 0.754. The number of aryl methyl sites for hydroxylation is 1. The van der Waals surface area contributed by atoms with E-state index in [1.165, 1.54) is 0 Å². The largest absolute Gasteiger partial charge is 0.465 e. The molecule has 0 atom stereocenters. The van der Waals surface area contributed by atoms with Gasteiger partial charge in [0, 0.05) is 0 Å². The van der Waals surface area contributed by atoms with Crippen LogP contribution in [0.1, 0.15) is 25.4 Å². The first-order valence-corrected chi connectivity index (χ1v) is 4.03. The Labute approximate surface area is 68.6 Å². The van der Waals surface area contributed by atoms with Gasteiger partial charge in [-0.25, -0.2) is 0 Å². The summed E-state index contributed by atoms with van der Waals surface area (Å²) in [5, 5.41) is 3.00. The van der Waals surface area contributed by atoms with E-state index in [0.29, 0.717) is 0 Å². The molecule has 0 aliphatic heterocycles. The molecule has 1 aromatic rings. The smallest absolute Gasteiger partial charge is 0.117 e. The Hall–Kier alpha value is -0.760. The van der Waals surface area contributed by atoms with Gasteiger partial charge in [0.25, 0.3) is 0 Å². The van der Waals surface area contributed by atoms with Crippen molar-refractivity contribution in [1.82, 2.24) is 5.32 Å². The predicted octanol–water partition coefficient (Wildman–Crippen LogP) is 2.33. The number of nitrogens with one attached hydrogen (secondary N) is 1. The van der Waals surface area contributed by atoms with Crippen LogP contribution >= 0.6 is 0 Å². The van der Waals surface area contributed by atoms with Gasteiger partial charge < -0.3 is 9.73 Å². The van der Waals surface area contributed by atoms with Crippen molar-refractivity contribution < 1.29 is 4.42 Å². The molecule has 0 spiro atoms. The Kier molecular flexibility index (Phi) is 5.57. The second-order valence-electron chi connectivity index (χ2n) is 2.04. The molecule has 11 heavy (non-hydrogen) atoms. The van der Waals surface area contributed by atoms with Crippen LogP contribution in [0.25, 0.3) is 0 Å². The molecule has 1 aromatic heterocycles. The zero-order valence-corrected chi connectivity index (χ0v) is 7.77. The molecule has 0 fully saturated rings. The van der Waals surface area contributed by atoms with E-state index in [0.717, 1.165) is 18.1 Å². The van der Waals surface area contributed by atoms with Crippen LogP contribution in [-0.4, -0.2) is 7.05 Å². The molecule has 0 aliphatic rings. The number of hydrogen-bond acceptors (Lipinski definition) is 2. The third-order valence-corrected chi connectivity index (χ3v) is 1.15. The minimum Gasteiger partial charge on any atom is -0.465 e. The molecule has 2 nitrogen and oxygen atoms in total. The minimum absolute atomic E-state index is 0.813. The SMILES string of the molecule is CC.CNCc1ccc(C)o1. The maximum atomic E-state index is 5.26. The topological polar surface area (TPSA) is 25.2 Å². The molecule has 0 saturated heterocycles. The molecule has 0 aliphatic carbocycles. The van der Waals surface area contributed by atoms with Gasteiger partial charge in [-0.15, -0.1) is 0 Å². The summed E-state index contributed by atoms with van der Waals surface area (Å²) in [4.78, 5) is 0. The van der Waals surface area contributed by atoms with Gasteiger partial charge in [0.2, 0.25) is 0 Å². The van der Waals surface area contributed by atoms with Crippen molar-refractivity contribution in [3.8, 4) is 0 Å². The lowest BCUT2D eigenvalue weighted by Gasteiger charge is -1.90. The Morgan fingerprint density at radius 1 is 1.36 bits per heavy atom. The molecule has 0 saturated carbocycles. The summed E-state index contributed by atoms with van der Waals surface area (Å²) in [6.45, 7) is 6.76. The summed E-state index contributed by atoms with van der Waals surface area (Å²) < 4.78 is 5.26. The Bertz CT molecular complexity index is 181. The quantitative estimate of drug-likeness (QED) is 0.709. The molecule has 0 radical (unpaired) electrons. The molecule has 1 rings (SSSR count). The lowest BCUT2D eigenvalue weighted by Crippen LogP contribution is -2.03. The highest BCUT2D eigenvalue weighted by Crippen LogP contribution is 2.04. The van der Waals surface area contributed by atoms with Gasteiger partial charge in [0.05, 0.1) is 6.54 Å². The molecule has 2 heteroatoms. The summed E-state index contributed by atoms with van der Waals surface area (Å²) in [5.41, 5.74) is 0. The van der Waals surface area contributed by atoms with Gasteiger partial charge in [-0.1, -0.05) is 13.8 Å². The third kappa shape index (κ3) is 3.83. The highest BCUT2D eigenvalue weighted by atomic mass is 16.3. The van der Waals surface area contributed by atoms with Crippen LogP contribution in [0.3, 0.4) is 0 Å². The second kappa shape index (κ2) is 5.98. The van der Waals surface area contributed by atoms with Crippen molar-refractivity contribution in [1.29, 1.82) is 0 Å². The van der Waals surface area contributed by atoms with Gasteiger partial charge in [0.15, 0.2) is 0 Å². The third-order valence-electron chi connectivity index (χ3n) is 1.15. The summed E-state index contributed by atoms with van der Waals surface area (Å²) in [6, 6.07) is 3.94. The highest BCUT2D eigenvalue weighted by Gasteiger charge is 1.93. The first-order chi connectivity index (χ1) is 5.33. The average Bonchev–Trinajstić information content (AvgIpc) is 2.41. The molecule has 1 N–H and O–H groups in total. The Balaban J connectivity index is 0.000000461. The standard InChI is InChI=1S/C7H11NO.C2H6/c1-6-3-4-7(9-6)5-8-2;1-2/h3-4,8H,5H2,1-2H3;1-2H3. The van der Waals surface area contributed by atoms with E-state index in [1.807, 2.05) is 40.0 Å². The van der Waals surface area contributed by atoms with Crippen molar-refractivity contribution >= 4 is 0 Å². The summed E-state index contributed by atoms with van der Waals surface area (Å²) in [7, 11) is 1.90. The van der Waals surface area contributed by atoms with E-state index in [-0.39, 0.29) is 0 Å². The van der Waals surface area contributed by atoms with Gasteiger partial charge in [-0.3, -0.25) is 0 Å². The lowest BCUT2D eigenvalue weighted by molar-refractivity contribution is 0.471. The zero-order valence-electron chi connectivity index (χ0n) is 7.77. The normalized spacial score (nSPS) is 8.73. The molecular weight excluding hydrogens is 138 g/mol. The number of hydrogen-bond donors (Lipinski definition) is 1. The zero-order chi connectivity index (χ0) is 8.69. The summed E-state index contributed by atoms with van der Waals surface area (Å²) >= 11 is 0. The molecule has 1 heterocycles. The van der Waals surface area contributed by atoms with Crippen LogP contribution in [0, 0.1) is 6.92 Å². The van der Waals surface area contributed by atoms with E-state index >= 15 is 0 Å². The molecule has 0 bridgehead atoms. The lowest BCUT2D eigenvalue weighted by atomic mass is 10.4. The van der Waals surface area contributed by atoms with Crippen molar-refractivity contribution in [3.63, 3.8) is 0 Å². The molecule has 0 amide bonds. The van der Waals surface area contributed by atoms with Crippen molar-refractivity contribution in [3.05, 3.63) is 23.7 Å². The monoisotopic (exact) mass is 155 g/mol. The molecule has 64 valence electrons. The first kappa shape index (κ1) is 10.2. The highest BCUT2D eigenvalue weighted by molar-refractivity contribution is 5.04. The molecular formula is C9H17NO. The molecule has 0 aromatic carbocycles. The summed E-state index contributed by atoms with van der Waals surface area (Å²) in [5.74, 6) is 1.97. The van der Waals surface area contributed by atoms with Gasteiger partial charge in [-0.05, 0) is 26.1 Å². The van der Waals surface area contributed by atoms with Crippen LogP contribution in [-0.2, 0) is 6.54 Å². The maximum absolute atomic E-state index is 5.26. The number of furan rings is 1. The fraction of sp³-hybridized carbons (Fsp3) is 0.556. The summed E-state index contributed by atoms with van der Waals surface area (Å²) in [6.07, 6.45) is 0. The van der Waals surface area contributed by atoms with E-state index in [9.17, 15) is 0 Å². The van der Waals surface area contributed by atoms with E-state index in [2.05, 4.69) is 5.32 Å². The first-order valence-electron chi connectivity index (χ1n) is 4.03. The van der Waals surface area contributed by atoms with Crippen molar-refractivity contribution in [2.24, 2.45) is 0 Å². The number of rotatable bonds is 2. The van der Waals surface area contributed by atoms with Gasteiger partial charge in [0.1, 0.15) is 11.5 Å². The Morgan fingerprint density at radius 2 is 2.00 bits per heavy atom. The molecule has 0 unspecified atom stereocenters. The van der Waals surface area contributed by atoms with E-state index in [4.69, 9.17) is 4.42 Å². The van der Waals surface area contributed by atoms with Crippen molar-refractivity contribution in [2.45, 2.75) is 27.3 Å². The van der Waals surface area contributed by atoms with Crippen molar-refractivity contribution in [2.75, 3.05) is 7.05 Å². The van der Waals surface area contributed by atoms with Crippen LogP contribution in [0.5, 0.6) is 0 Å². The van der Waals surface area contributed by atoms with Crippen LogP contribution in [0.2, 0.25) is 0 Å².